The van der Waals surface area contributed by atoms with Gasteiger partial charge in [0.2, 0.25) is 0 Å². The number of nitrogens with zero attached hydrogens (tertiary/aromatic N) is 1. The van der Waals surface area contributed by atoms with Crippen molar-refractivity contribution in [3.8, 4) is 0 Å². The number of nitrogens with one attached hydrogen (secondary N) is 1. The Kier molecular flexibility index (Phi) is 6.33. The standard InChI is InChI=1S/C23H27IN2O2/c24-20-7-5-18(6-8-20)21-13-22(21)25-14-16-9-11-26(12-10-16)15-17-1-3-19(4-2-17)23(27)28/h1-8,16,21-22,25H,9-15H2,(H,27,28)/t21-,22+/m1/s1. The van der Waals surface area contributed by atoms with E-state index in [9.17, 15) is 4.79 Å². The van der Waals surface area contributed by atoms with Gasteiger partial charge in [-0.25, -0.2) is 4.79 Å². The lowest BCUT2D eigenvalue weighted by Crippen LogP contribution is -2.37. The second-order valence-electron chi connectivity index (χ2n) is 8.13. The van der Waals surface area contributed by atoms with Crippen LogP contribution in [0.3, 0.4) is 0 Å². The summed E-state index contributed by atoms with van der Waals surface area (Å²) < 4.78 is 1.30. The highest BCUT2D eigenvalue weighted by Crippen LogP contribution is 2.41. The van der Waals surface area contributed by atoms with E-state index in [0.717, 1.165) is 32.1 Å². The van der Waals surface area contributed by atoms with Gasteiger partial charge in [0.05, 0.1) is 5.56 Å². The molecular formula is C23H27IN2O2. The summed E-state index contributed by atoms with van der Waals surface area (Å²) in [6.45, 7) is 4.29. The van der Waals surface area contributed by atoms with Crippen molar-refractivity contribution >= 4 is 28.6 Å². The second-order valence-corrected chi connectivity index (χ2v) is 9.38. The van der Waals surface area contributed by atoms with Crippen LogP contribution in [0.4, 0.5) is 0 Å². The first kappa shape index (κ1) is 19.9. The predicted molar refractivity (Wildman–Crippen MR) is 120 cm³/mol. The fourth-order valence-electron chi connectivity index (χ4n) is 4.18. The molecule has 5 heteroatoms. The maximum Gasteiger partial charge on any atom is 0.335 e. The number of likely N-dealkylation sites (tertiary alicyclic amines) is 1. The quantitative estimate of drug-likeness (QED) is 0.567. The molecule has 28 heavy (non-hydrogen) atoms. The van der Waals surface area contributed by atoms with E-state index in [0.29, 0.717) is 17.5 Å². The number of halogens is 1. The van der Waals surface area contributed by atoms with Gasteiger partial charge in [-0.05, 0) is 103 Å². The minimum atomic E-state index is -0.861. The third-order valence-electron chi connectivity index (χ3n) is 6.07. The van der Waals surface area contributed by atoms with Gasteiger partial charge in [0.15, 0.2) is 0 Å². The molecule has 4 rings (SSSR count). The highest BCUT2D eigenvalue weighted by Gasteiger charge is 2.38. The molecule has 2 aliphatic rings. The van der Waals surface area contributed by atoms with Gasteiger partial charge >= 0.3 is 5.97 Å². The molecule has 1 heterocycles. The molecule has 1 saturated heterocycles. The summed E-state index contributed by atoms with van der Waals surface area (Å²) in [7, 11) is 0. The number of aromatic carboxylic acids is 1. The fourth-order valence-corrected chi connectivity index (χ4v) is 4.54. The average molecular weight is 490 g/mol. The molecule has 2 aromatic rings. The number of carboxylic acids is 1. The van der Waals surface area contributed by atoms with Crippen LogP contribution in [0.5, 0.6) is 0 Å². The van der Waals surface area contributed by atoms with Gasteiger partial charge in [-0.15, -0.1) is 0 Å². The second kappa shape index (κ2) is 8.93. The molecule has 4 nitrogen and oxygen atoms in total. The zero-order valence-electron chi connectivity index (χ0n) is 16.0. The van der Waals surface area contributed by atoms with E-state index in [-0.39, 0.29) is 0 Å². The Morgan fingerprint density at radius 3 is 2.39 bits per heavy atom. The molecule has 1 aliphatic heterocycles. The first-order valence-electron chi connectivity index (χ1n) is 10.1. The van der Waals surface area contributed by atoms with Crippen molar-refractivity contribution in [1.82, 2.24) is 10.2 Å². The van der Waals surface area contributed by atoms with Crippen molar-refractivity contribution in [2.75, 3.05) is 19.6 Å². The van der Waals surface area contributed by atoms with Crippen LogP contribution < -0.4 is 5.32 Å². The molecule has 2 fully saturated rings. The van der Waals surface area contributed by atoms with Crippen molar-refractivity contribution in [3.63, 3.8) is 0 Å². The Bertz CT molecular complexity index is 798. The van der Waals surface area contributed by atoms with Crippen molar-refractivity contribution in [1.29, 1.82) is 0 Å². The number of carboxylic acid groups (broad SMARTS) is 1. The SMILES string of the molecule is O=C(O)c1ccc(CN2CCC(CN[C@H]3C[C@@H]3c3ccc(I)cc3)CC2)cc1. The minimum absolute atomic E-state index is 0.358. The van der Waals surface area contributed by atoms with Crippen LogP contribution in [0.2, 0.25) is 0 Å². The van der Waals surface area contributed by atoms with Crippen LogP contribution >= 0.6 is 22.6 Å². The summed E-state index contributed by atoms with van der Waals surface area (Å²) in [4.78, 5) is 13.4. The first-order valence-corrected chi connectivity index (χ1v) is 11.2. The predicted octanol–water partition coefficient (Wildman–Crippen LogP) is 4.35. The van der Waals surface area contributed by atoms with E-state index in [1.807, 2.05) is 12.1 Å². The summed E-state index contributed by atoms with van der Waals surface area (Å²) >= 11 is 2.36. The number of hydrogen-bond donors (Lipinski definition) is 2. The summed E-state index contributed by atoms with van der Waals surface area (Å²) in [5, 5.41) is 12.8. The molecule has 1 saturated carbocycles. The van der Waals surface area contributed by atoms with Crippen molar-refractivity contribution in [3.05, 3.63) is 68.8 Å². The Labute approximate surface area is 180 Å². The molecule has 0 radical (unpaired) electrons. The van der Waals surface area contributed by atoms with Crippen molar-refractivity contribution < 1.29 is 9.90 Å². The third kappa shape index (κ3) is 5.13. The third-order valence-corrected chi connectivity index (χ3v) is 6.79. The van der Waals surface area contributed by atoms with Crippen LogP contribution in [-0.2, 0) is 6.54 Å². The molecule has 0 spiro atoms. The summed E-state index contributed by atoms with van der Waals surface area (Å²) in [5.74, 6) is 0.606. The maximum absolute atomic E-state index is 10.9. The molecular weight excluding hydrogens is 463 g/mol. The van der Waals surface area contributed by atoms with Crippen LogP contribution in [0.15, 0.2) is 48.5 Å². The monoisotopic (exact) mass is 490 g/mol. The maximum atomic E-state index is 10.9. The molecule has 2 atom stereocenters. The zero-order valence-corrected chi connectivity index (χ0v) is 18.1. The van der Waals surface area contributed by atoms with Gasteiger partial charge in [-0.3, -0.25) is 4.90 Å². The summed E-state index contributed by atoms with van der Waals surface area (Å²) in [6, 6.07) is 16.9. The van der Waals surface area contributed by atoms with Crippen LogP contribution in [0, 0.1) is 9.49 Å². The van der Waals surface area contributed by atoms with Gasteiger partial charge in [0.25, 0.3) is 0 Å². The van der Waals surface area contributed by atoms with Gasteiger partial charge < -0.3 is 10.4 Å². The Morgan fingerprint density at radius 2 is 1.75 bits per heavy atom. The smallest absolute Gasteiger partial charge is 0.335 e. The van der Waals surface area contributed by atoms with E-state index >= 15 is 0 Å². The van der Waals surface area contributed by atoms with Gasteiger partial charge in [-0.1, -0.05) is 24.3 Å². The summed E-state index contributed by atoms with van der Waals surface area (Å²) in [5.41, 5.74) is 3.03. The van der Waals surface area contributed by atoms with E-state index in [2.05, 4.69) is 57.1 Å². The normalized spacial score (nSPS) is 22.9. The Hall–Kier alpha value is -1.44. The van der Waals surface area contributed by atoms with Crippen LogP contribution in [0.1, 0.15) is 46.7 Å². The van der Waals surface area contributed by atoms with E-state index in [1.54, 1.807) is 12.1 Å². The molecule has 0 amide bonds. The largest absolute Gasteiger partial charge is 0.478 e. The summed E-state index contributed by atoms with van der Waals surface area (Å²) in [6.07, 6.45) is 3.74. The molecule has 1 aliphatic carbocycles. The molecule has 0 aromatic heterocycles. The molecule has 0 bridgehead atoms. The van der Waals surface area contributed by atoms with Crippen LogP contribution in [0.25, 0.3) is 0 Å². The molecule has 2 N–H and O–H groups in total. The average Bonchev–Trinajstić information content (AvgIpc) is 3.48. The van der Waals surface area contributed by atoms with E-state index < -0.39 is 5.97 Å². The van der Waals surface area contributed by atoms with Crippen molar-refractivity contribution in [2.45, 2.75) is 37.8 Å². The Balaban J connectivity index is 1.17. The number of benzene rings is 2. The van der Waals surface area contributed by atoms with Gasteiger partial charge in [-0.2, -0.15) is 0 Å². The highest BCUT2D eigenvalue weighted by atomic mass is 127. The molecule has 0 unspecified atom stereocenters. The van der Waals surface area contributed by atoms with Gasteiger partial charge in [0.1, 0.15) is 0 Å². The van der Waals surface area contributed by atoms with E-state index in [4.69, 9.17) is 5.11 Å². The Morgan fingerprint density at radius 1 is 1.07 bits per heavy atom. The lowest BCUT2D eigenvalue weighted by molar-refractivity contribution is 0.0697. The van der Waals surface area contributed by atoms with E-state index in [1.165, 1.54) is 34.0 Å². The first-order chi connectivity index (χ1) is 13.6. The minimum Gasteiger partial charge on any atom is -0.478 e. The number of rotatable bonds is 7. The highest BCUT2D eigenvalue weighted by molar-refractivity contribution is 14.1. The van der Waals surface area contributed by atoms with Crippen molar-refractivity contribution in [2.24, 2.45) is 5.92 Å². The van der Waals surface area contributed by atoms with Crippen LogP contribution in [-0.4, -0.2) is 41.7 Å². The zero-order chi connectivity index (χ0) is 19.5. The topological polar surface area (TPSA) is 52.6 Å². The number of piperidine rings is 1. The molecule has 148 valence electrons. The number of carbonyl (C=O) groups is 1. The van der Waals surface area contributed by atoms with Gasteiger partial charge in [0, 0.05) is 22.1 Å². The number of hydrogen-bond acceptors (Lipinski definition) is 3. The lowest BCUT2D eigenvalue weighted by Gasteiger charge is -2.32. The lowest BCUT2D eigenvalue weighted by atomic mass is 9.96. The fraction of sp³-hybridized carbons (Fsp3) is 0.435. The molecule has 2 aromatic carbocycles.